The standard InChI is InChI=1S/C12H24N2O/c15-12(4-1-2-5-12)6-3-9-14-10-7-13-8-11-14/h13,15H,1-11H2. The molecule has 2 rings (SSSR count). The van der Waals surface area contributed by atoms with Gasteiger partial charge in [0, 0.05) is 26.2 Å². The number of piperazine rings is 1. The van der Waals surface area contributed by atoms with Crippen molar-refractivity contribution in [3.05, 3.63) is 0 Å². The Balaban J connectivity index is 1.61. The van der Waals surface area contributed by atoms with Crippen LogP contribution in [0.15, 0.2) is 0 Å². The molecular formula is C12H24N2O. The van der Waals surface area contributed by atoms with Crippen molar-refractivity contribution in [3.8, 4) is 0 Å². The van der Waals surface area contributed by atoms with Crippen LogP contribution in [0.2, 0.25) is 0 Å². The zero-order valence-corrected chi connectivity index (χ0v) is 9.67. The second-order valence-corrected chi connectivity index (χ2v) is 5.13. The van der Waals surface area contributed by atoms with E-state index >= 15 is 0 Å². The van der Waals surface area contributed by atoms with Gasteiger partial charge in [-0.15, -0.1) is 0 Å². The van der Waals surface area contributed by atoms with Gasteiger partial charge in [0.25, 0.3) is 0 Å². The fourth-order valence-corrected chi connectivity index (χ4v) is 2.85. The maximum absolute atomic E-state index is 10.2. The number of hydrogen-bond acceptors (Lipinski definition) is 3. The summed E-state index contributed by atoms with van der Waals surface area (Å²) in [4.78, 5) is 2.51. The highest BCUT2D eigenvalue weighted by molar-refractivity contribution is 4.84. The molecule has 1 saturated carbocycles. The van der Waals surface area contributed by atoms with Crippen molar-refractivity contribution in [2.24, 2.45) is 0 Å². The van der Waals surface area contributed by atoms with Crippen LogP contribution in [-0.4, -0.2) is 48.3 Å². The Labute approximate surface area is 92.8 Å². The fraction of sp³-hybridized carbons (Fsp3) is 1.00. The average molecular weight is 212 g/mol. The van der Waals surface area contributed by atoms with E-state index in [1.54, 1.807) is 0 Å². The van der Waals surface area contributed by atoms with Gasteiger partial charge < -0.3 is 15.3 Å². The lowest BCUT2D eigenvalue weighted by molar-refractivity contribution is 0.0335. The molecule has 0 aromatic rings. The van der Waals surface area contributed by atoms with Gasteiger partial charge >= 0.3 is 0 Å². The van der Waals surface area contributed by atoms with Gasteiger partial charge in [0.15, 0.2) is 0 Å². The van der Waals surface area contributed by atoms with Crippen LogP contribution in [-0.2, 0) is 0 Å². The molecule has 0 aromatic carbocycles. The van der Waals surface area contributed by atoms with Gasteiger partial charge in [0.05, 0.1) is 5.60 Å². The fourth-order valence-electron chi connectivity index (χ4n) is 2.85. The van der Waals surface area contributed by atoms with Gasteiger partial charge in [-0.25, -0.2) is 0 Å². The van der Waals surface area contributed by atoms with Crippen LogP contribution in [0.5, 0.6) is 0 Å². The van der Waals surface area contributed by atoms with Crippen LogP contribution in [0.25, 0.3) is 0 Å². The maximum atomic E-state index is 10.2. The number of nitrogens with one attached hydrogen (secondary N) is 1. The van der Waals surface area contributed by atoms with E-state index in [0.29, 0.717) is 0 Å². The largest absolute Gasteiger partial charge is 0.390 e. The van der Waals surface area contributed by atoms with Crippen molar-refractivity contribution in [2.75, 3.05) is 32.7 Å². The molecule has 1 aliphatic heterocycles. The minimum atomic E-state index is -0.298. The summed E-state index contributed by atoms with van der Waals surface area (Å²) in [5.74, 6) is 0. The molecule has 1 saturated heterocycles. The van der Waals surface area contributed by atoms with E-state index in [2.05, 4.69) is 10.2 Å². The molecule has 0 unspecified atom stereocenters. The van der Waals surface area contributed by atoms with E-state index in [0.717, 1.165) is 38.8 Å². The lowest BCUT2D eigenvalue weighted by atomic mass is 9.96. The Morgan fingerprint density at radius 3 is 2.47 bits per heavy atom. The SMILES string of the molecule is OC1(CCCN2CCNCC2)CCCC1. The number of rotatable bonds is 4. The minimum Gasteiger partial charge on any atom is -0.390 e. The summed E-state index contributed by atoms with van der Waals surface area (Å²) < 4.78 is 0. The molecule has 0 spiro atoms. The Morgan fingerprint density at radius 1 is 1.13 bits per heavy atom. The third-order valence-electron chi connectivity index (χ3n) is 3.86. The molecule has 3 nitrogen and oxygen atoms in total. The molecule has 0 amide bonds. The van der Waals surface area contributed by atoms with E-state index in [1.807, 2.05) is 0 Å². The van der Waals surface area contributed by atoms with E-state index in [4.69, 9.17) is 0 Å². The molecule has 1 heterocycles. The Kier molecular flexibility index (Phi) is 4.00. The maximum Gasteiger partial charge on any atom is 0.0648 e. The monoisotopic (exact) mass is 212 g/mol. The third kappa shape index (κ3) is 3.44. The van der Waals surface area contributed by atoms with Crippen LogP contribution in [0.4, 0.5) is 0 Å². The van der Waals surface area contributed by atoms with Crippen LogP contribution < -0.4 is 5.32 Å². The van der Waals surface area contributed by atoms with Crippen molar-refractivity contribution in [2.45, 2.75) is 44.1 Å². The minimum absolute atomic E-state index is 0.298. The van der Waals surface area contributed by atoms with E-state index in [1.165, 1.54) is 32.5 Å². The molecule has 88 valence electrons. The highest BCUT2D eigenvalue weighted by atomic mass is 16.3. The van der Waals surface area contributed by atoms with Crippen molar-refractivity contribution in [1.29, 1.82) is 0 Å². The molecule has 0 radical (unpaired) electrons. The summed E-state index contributed by atoms with van der Waals surface area (Å²) >= 11 is 0. The highest BCUT2D eigenvalue weighted by Crippen LogP contribution is 2.33. The molecule has 2 fully saturated rings. The molecule has 2 N–H and O–H groups in total. The molecule has 15 heavy (non-hydrogen) atoms. The second-order valence-electron chi connectivity index (χ2n) is 5.13. The highest BCUT2D eigenvalue weighted by Gasteiger charge is 2.30. The Hall–Kier alpha value is -0.120. The van der Waals surface area contributed by atoms with Gasteiger partial charge in [0.1, 0.15) is 0 Å². The van der Waals surface area contributed by atoms with Crippen LogP contribution in [0.3, 0.4) is 0 Å². The normalized spacial score (nSPS) is 27.0. The lowest BCUT2D eigenvalue weighted by Gasteiger charge is -2.29. The first-order chi connectivity index (χ1) is 7.29. The van der Waals surface area contributed by atoms with Crippen LogP contribution >= 0.6 is 0 Å². The van der Waals surface area contributed by atoms with Crippen LogP contribution in [0.1, 0.15) is 38.5 Å². The summed E-state index contributed by atoms with van der Waals surface area (Å²) in [5.41, 5.74) is -0.298. The summed E-state index contributed by atoms with van der Waals surface area (Å²) in [6, 6.07) is 0. The van der Waals surface area contributed by atoms with Gasteiger partial charge in [-0.1, -0.05) is 12.8 Å². The molecular weight excluding hydrogens is 188 g/mol. The van der Waals surface area contributed by atoms with Crippen molar-refractivity contribution in [3.63, 3.8) is 0 Å². The predicted octanol–water partition coefficient (Wildman–Crippen LogP) is 0.977. The first kappa shape index (κ1) is 11.4. The van der Waals surface area contributed by atoms with E-state index < -0.39 is 0 Å². The molecule has 0 aromatic heterocycles. The molecule has 0 bridgehead atoms. The summed E-state index contributed by atoms with van der Waals surface area (Å²) in [7, 11) is 0. The van der Waals surface area contributed by atoms with Crippen molar-refractivity contribution < 1.29 is 5.11 Å². The summed E-state index contributed by atoms with van der Waals surface area (Å²) in [6.07, 6.45) is 6.70. The lowest BCUT2D eigenvalue weighted by Crippen LogP contribution is -2.44. The number of aliphatic hydroxyl groups is 1. The second kappa shape index (κ2) is 5.28. The molecule has 2 aliphatic rings. The summed E-state index contributed by atoms with van der Waals surface area (Å²) in [6.45, 7) is 5.79. The predicted molar refractivity (Wildman–Crippen MR) is 62.0 cm³/mol. The van der Waals surface area contributed by atoms with E-state index in [9.17, 15) is 5.11 Å². The number of hydrogen-bond donors (Lipinski definition) is 2. The molecule has 0 atom stereocenters. The van der Waals surface area contributed by atoms with Crippen molar-refractivity contribution >= 4 is 0 Å². The zero-order valence-electron chi connectivity index (χ0n) is 9.67. The van der Waals surface area contributed by atoms with Gasteiger partial charge in [-0.05, 0) is 32.2 Å². The molecule has 1 aliphatic carbocycles. The summed E-state index contributed by atoms with van der Waals surface area (Å²) in [5, 5.41) is 13.6. The molecule has 3 heteroatoms. The van der Waals surface area contributed by atoms with Gasteiger partial charge in [-0.2, -0.15) is 0 Å². The number of nitrogens with zero attached hydrogens (tertiary/aromatic N) is 1. The van der Waals surface area contributed by atoms with Gasteiger partial charge in [-0.3, -0.25) is 0 Å². The topological polar surface area (TPSA) is 35.5 Å². The van der Waals surface area contributed by atoms with E-state index in [-0.39, 0.29) is 5.60 Å². The first-order valence-electron chi connectivity index (χ1n) is 6.44. The Morgan fingerprint density at radius 2 is 1.80 bits per heavy atom. The third-order valence-corrected chi connectivity index (χ3v) is 3.86. The quantitative estimate of drug-likeness (QED) is 0.729. The first-order valence-corrected chi connectivity index (χ1v) is 6.44. The van der Waals surface area contributed by atoms with Gasteiger partial charge in [0.2, 0.25) is 0 Å². The van der Waals surface area contributed by atoms with Crippen LogP contribution in [0, 0.1) is 0 Å². The van der Waals surface area contributed by atoms with Crippen molar-refractivity contribution in [1.82, 2.24) is 10.2 Å². The smallest absolute Gasteiger partial charge is 0.0648 e. The Bertz CT molecular complexity index is 184. The zero-order chi connectivity index (χ0) is 10.6. The average Bonchev–Trinajstić information content (AvgIpc) is 2.67.